The van der Waals surface area contributed by atoms with Crippen molar-refractivity contribution in [1.82, 2.24) is 5.43 Å². The van der Waals surface area contributed by atoms with Gasteiger partial charge in [-0.3, -0.25) is 4.79 Å². The predicted molar refractivity (Wildman–Crippen MR) is 93.8 cm³/mol. The van der Waals surface area contributed by atoms with E-state index in [1.807, 2.05) is 61.5 Å². The number of hydrogen-bond donors (Lipinski definition) is 1. The molecule has 0 radical (unpaired) electrons. The lowest BCUT2D eigenvalue weighted by Gasteiger charge is -2.11. The number of anilines is 1. The van der Waals surface area contributed by atoms with E-state index in [-0.39, 0.29) is 11.8 Å². The molecule has 23 heavy (non-hydrogen) atoms. The second-order valence-electron chi connectivity index (χ2n) is 6.08. The number of hydrazone groups is 1. The summed E-state index contributed by atoms with van der Waals surface area (Å²) in [4.78, 5) is 14.1. The van der Waals surface area contributed by atoms with Crippen LogP contribution in [0, 0.1) is 5.92 Å². The number of hydrogen-bond acceptors (Lipinski definition) is 3. The molecule has 1 fully saturated rings. The molecule has 3 rings (SSSR count). The van der Waals surface area contributed by atoms with Crippen LogP contribution in [0.2, 0.25) is 0 Å². The fourth-order valence-corrected chi connectivity index (χ4v) is 2.67. The minimum absolute atomic E-state index is 0.0000136. The highest BCUT2D eigenvalue weighted by atomic mass is 16.2. The van der Waals surface area contributed by atoms with Gasteiger partial charge in [-0.05, 0) is 35.6 Å². The van der Waals surface area contributed by atoms with Crippen LogP contribution in [0.15, 0.2) is 59.7 Å². The van der Waals surface area contributed by atoms with Crippen LogP contribution in [0.25, 0.3) is 0 Å². The highest BCUT2D eigenvalue weighted by molar-refractivity contribution is 5.85. The zero-order chi connectivity index (χ0) is 16.2. The van der Waals surface area contributed by atoms with Crippen LogP contribution in [0.3, 0.4) is 0 Å². The van der Waals surface area contributed by atoms with E-state index < -0.39 is 0 Å². The van der Waals surface area contributed by atoms with E-state index >= 15 is 0 Å². The van der Waals surface area contributed by atoms with E-state index in [2.05, 4.69) is 22.7 Å². The first-order valence-corrected chi connectivity index (χ1v) is 7.80. The summed E-state index contributed by atoms with van der Waals surface area (Å²) in [6.07, 6.45) is 2.58. The lowest BCUT2D eigenvalue weighted by Crippen LogP contribution is -2.20. The fraction of sp³-hybridized carbons (Fsp3) is 0.263. The van der Waals surface area contributed by atoms with Gasteiger partial charge in [-0.1, -0.05) is 42.5 Å². The Labute approximate surface area is 136 Å². The number of amides is 1. The van der Waals surface area contributed by atoms with Crippen LogP contribution in [-0.2, 0) is 4.79 Å². The largest absolute Gasteiger partial charge is 0.378 e. The lowest BCUT2D eigenvalue weighted by molar-refractivity contribution is -0.122. The third-order valence-corrected chi connectivity index (χ3v) is 4.15. The summed E-state index contributed by atoms with van der Waals surface area (Å²) in [6.45, 7) is 0. The summed E-state index contributed by atoms with van der Waals surface area (Å²) in [6, 6.07) is 18.2. The molecule has 1 saturated carbocycles. The van der Waals surface area contributed by atoms with Crippen molar-refractivity contribution in [3.8, 4) is 0 Å². The maximum atomic E-state index is 12.1. The summed E-state index contributed by atoms with van der Waals surface area (Å²) in [5.74, 6) is 0.386. The monoisotopic (exact) mass is 307 g/mol. The molecule has 118 valence electrons. The van der Waals surface area contributed by atoms with Crippen molar-refractivity contribution in [2.45, 2.75) is 12.3 Å². The van der Waals surface area contributed by atoms with Gasteiger partial charge in [0.15, 0.2) is 0 Å². The molecule has 1 aliphatic carbocycles. The highest BCUT2D eigenvalue weighted by Gasteiger charge is 2.43. The summed E-state index contributed by atoms with van der Waals surface area (Å²) < 4.78 is 0. The number of nitrogens with zero attached hydrogens (tertiary/aromatic N) is 2. The van der Waals surface area contributed by atoms with E-state index in [1.165, 1.54) is 5.56 Å². The molecule has 0 aliphatic heterocycles. The third-order valence-electron chi connectivity index (χ3n) is 4.15. The van der Waals surface area contributed by atoms with Gasteiger partial charge in [-0.2, -0.15) is 5.10 Å². The molecule has 2 atom stereocenters. The zero-order valence-electron chi connectivity index (χ0n) is 13.4. The van der Waals surface area contributed by atoms with Crippen LogP contribution in [-0.4, -0.2) is 26.2 Å². The van der Waals surface area contributed by atoms with Gasteiger partial charge in [0.1, 0.15) is 0 Å². The smallest absolute Gasteiger partial charge is 0.243 e. The van der Waals surface area contributed by atoms with Crippen molar-refractivity contribution in [2.24, 2.45) is 11.0 Å². The van der Waals surface area contributed by atoms with Crippen molar-refractivity contribution in [3.05, 3.63) is 65.7 Å². The van der Waals surface area contributed by atoms with E-state index in [4.69, 9.17) is 0 Å². The van der Waals surface area contributed by atoms with E-state index in [9.17, 15) is 4.79 Å². The Morgan fingerprint density at radius 2 is 1.83 bits per heavy atom. The van der Waals surface area contributed by atoms with Gasteiger partial charge >= 0.3 is 0 Å². The molecule has 0 bridgehead atoms. The van der Waals surface area contributed by atoms with Crippen molar-refractivity contribution < 1.29 is 4.79 Å². The topological polar surface area (TPSA) is 44.7 Å². The van der Waals surface area contributed by atoms with E-state index in [0.29, 0.717) is 5.92 Å². The maximum absolute atomic E-state index is 12.1. The number of nitrogens with one attached hydrogen (secondary N) is 1. The van der Waals surface area contributed by atoms with Gasteiger partial charge in [0, 0.05) is 25.7 Å². The second-order valence-corrected chi connectivity index (χ2v) is 6.08. The van der Waals surface area contributed by atoms with Crippen molar-refractivity contribution >= 4 is 17.8 Å². The van der Waals surface area contributed by atoms with Gasteiger partial charge in [-0.15, -0.1) is 0 Å². The summed E-state index contributed by atoms with van der Waals surface area (Å²) in [5, 5.41) is 4.07. The molecule has 2 aromatic rings. The number of benzene rings is 2. The number of rotatable bonds is 5. The van der Waals surface area contributed by atoms with Crippen LogP contribution < -0.4 is 10.3 Å². The van der Waals surface area contributed by atoms with Crippen LogP contribution in [0.1, 0.15) is 23.5 Å². The molecule has 0 aromatic heterocycles. The summed E-state index contributed by atoms with van der Waals surface area (Å²) in [7, 11) is 4.00. The second kappa shape index (κ2) is 6.65. The SMILES string of the molecule is CN(C)c1ccc(/C=N\NC(=O)[C@H]2C[C@@H]2c2ccccc2)cc1. The number of carbonyl (C=O) groups excluding carboxylic acids is 1. The molecule has 1 amide bonds. The molecule has 4 nitrogen and oxygen atoms in total. The Hall–Kier alpha value is -2.62. The quantitative estimate of drug-likeness (QED) is 0.682. The minimum atomic E-state index is 0.0000136. The molecule has 1 aliphatic rings. The van der Waals surface area contributed by atoms with E-state index in [1.54, 1.807) is 6.21 Å². The van der Waals surface area contributed by atoms with Gasteiger partial charge in [-0.25, -0.2) is 5.43 Å². The lowest BCUT2D eigenvalue weighted by atomic mass is 10.1. The van der Waals surface area contributed by atoms with E-state index in [0.717, 1.165) is 17.7 Å². The Bertz CT molecular complexity index is 692. The van der Waals surface area contributed by atoms with Gasteiger partial charge < -0.3 is 4.90 Å². The molecule has 2 aromatic carbocycles. The van der Waals surface area contributed by atoms with Crippen LogP contribution in [0.4, 0.5) is 5.69 Å². The molecule has 0 unspecified atom stereocenters. The molecular weight excluding hydrogens is 286 g/mol. The van der Waals surface area contributed by atoms with Crippen LogP contribution >= 0.6 is 0 Å². The molecule has 0 saturated heterocycles. The first kappa shape index (κ1) is 15.3. The summed E-state index contributed by atoms with van der Waals surface area (Å²) >= 11 is 0. The standard InChI is InChI=1S/C19H21N3O/c1-22(2)16-10-8-14(9-11-16)13-20-21-19(23)18-12-17(18)15-6-4-3-5-7-15/h3-11,13,17-18H,12H2,1-2H3,(H,21,23)/b20-13-/t17-,18+/m1/s1. The van der Waals surface area contributed by atoms with Crippen molar-refractivity contribution in [2.75, 3.05) is 19.0 Å². The number of carbonyl (C=O) groups is 1. The average molecular weight is 307 g/mol. The Morgan fingerprint density at radius 1 is 1.13 bits per heavy atom. The molecule has 0 heterocycles. The van der Waals surface area contributed by atoms with Gasteiger partial charge in [0.05, 0.1) is 6.21 Å². The maximum Gasteiger partial charge on any atom is 0.243 e. The highest BCUT2D eigenvalue weighted by Crippen LogP contribution is 2.47. The molecule has 4 heteroatoms. The molecule has 0 spiro atoms. The van der Waals surface area contributed by atoms with Crippen LogP contribution in [0.5, 0.6) is 0 Å². The third kappa shape index (κ3) is 3.77. The first-order chi connectivity index (χ1) is 11.1. The molecular formula is C19H21N3O. The minimum Gasteiger partial charge on any atom is -0.378 e. The van der Waals surface area contributed by atoms with Crippen molar-refractivity contribution in [3.63, 3.8) is 0 Å². The van der Waals surface area contributed by atoms with Crippen molar-refractivity contribution in [1.29, 1.82) is 0 Å². The Balaban J connectivity index is 1.51. The first-order valence-electron chi connectivity index (χ1n) is 7.80. The fourth-order valence-electron chi connectivity index (χ4n) is 2.67. The Kier molecular flexibility index (Phi) is 4.42. The zero-order valence-corrected chi connectivity index (χ0v) is 13.4. The predicted octanol–water partition coefficient (Wildman–Crippen LogP) is 3.01. The molecule has 1 N–H and O–H groups in total. The average Bonchev–Trinajstić information content (AvgIpc) is 3.37. The summed E-state index contributed by atoms with van der Waals surface area (Å²) in [5.41, 5.74) is 5.98. The Morgan fingerprint density at radius 3 is 2.48 bits per heavy atom. The normalized spacial score (nSPS) is 19.6. The van der Waals surface area contributed by atoms with Gasteiger partial charge in [0.2, 0.25) is 5.91 Å². The van der Waals surface area contributed by atoms with Gasteiger partial charge in [0.25, 0.3) is 0 Å².